The van der Waals surface area contributed by atoms with Crippen LogP contribution in [0.25, 0.3) is 16.8 Å². The lowest BCUT2D eigenvalue weighted by atomic mass is 9.94. The second kappa shape index (κ2) is 9.25. The molecule has 1 saturated carbocycles. The van der Waals surface area contributed by atoms with E-state index in [1.54, 1.807) is 16.8 Å². The van der Waals surface area contributed by atoms with Crippen LogP contribution in [0.5, 0.6) is 5.88 Å². The van der Waals surface area contributed by atoms with Crippen molar-refractivity contribution in [3.05, 3.63) is 66.0 Å². The van der Waals surface area contributed by atoms with Gasteiger partial charge in [0, 0.05) is 36.1 Å². The number of aromatic nitrogens is 5. The minimum atomic E-state index is -0.318. The van der Waals surface area contributed by atoms with Gasteiger partial charge in [0.15, 0.2) is 6.19 Å². The molecular weight excluding hydrogens is 464 g/mol. The number of rotatable bonds is 6. The zero-order valence-electron chi connectivity index (χ0n) is 20.9. The first-order chi connectivity index (χ1) is 18.1. The molecule has 6 rings (SSSR count). The molecule has 2 aliphatic rings. The summed E-state index contributed by atoms with van der Waals surface area (Å²) in [6, 6.07) is 12.4. The molecule has 0 radical (unpaired) electrons. The third-order valence-electron chi connectivity index (χ3n) is 7.70. The smallest absolute Gasteiger partial charge is 0.201 e. The summed E-state index contributed by atoms with van der Waals surface area (Å²) in [5.41, 5.74) is 4.86. The fourth-order valence-corrected chi connectivity index (χ4v) is 5.58. The van der Waals surface area contributed by atoms with Crippen molar-refractivity contribution in [2.75, 3.05) is 6.54 Å². The number of pyridine rings is 2. The van der Waals surface area contributed by atoms with Gasteiger partial charge >= 0.3 is 0 Å². The monoisotopic (exact) mass is 492 g/mol. The minimum absolute atomic E-state index is 0.268. The second-order valence-corrected chi connectivity index (χ2v) is 10.0. The quantitative estimate of drug-likeness (QED) is 0.355. The van der Waals surface area contributed by atoms with Crippen LogP contribution in [0.1, 0.15) is 61.8 Å². The van der Waals surface area contributed by atoms with Gasteiger partial charge in [-0.3, -0.25) is 14.1 Å². The van der Waals surface area contributed by atoms with Crippen molar-refractivity contribution in [1.82, 2.24) is 29.0 Å². The van der Waals surface area contributed by atoms with Gasteiger partial charge in [-0.1, -0.05) is 6.07 Å². The molecule has 4 aromatic rings. The largest absolute Gasteiger partial charge is 0.469 e. The van der Waals surface area contributed by atoms with Gasteiger partial charge in [0.25, 0.3) is 0 Å². The number of hydrogen-bond acceptors (Lipinski definition) is 7. The Bertz CT molecular complexity index is 1520. The minimum Gasteiger partial charge on any atom is -0.469 e. The summed E-state index contributed by atoms with van der Waals surface area (Å²) < 4.78 is 10.2. The summed E-state index contributed by atoms with van der Waals surface area (Å²) in [5, 5.41) is 24.0. The summed E-state index contributed by atoms with van der Waals surface area (Å²) >= 11 is 0. The van der Waals surface area contributed by atoms with E-state index in [-0.39, 0.29) is 12.1 Å². The molecule has 9 heteroatoms. The van der Waals surface area contributed by atoms with Crippen LogP contribution >= 0.6 is 0 Å². The average Bonchev–Trinajstić information content (AvgIpc) is 3.58. The number of nitrogens with zero attached hydrogens (tertiary/aromatic N) is 8. The lowest BCUT2D eigenvalue weighted by Gasteiger charge is -2.36. The number of piperidine rings is 1. The van der Waals surface area contributed by atoms with Crippen LogP contribution in [0, 0.1) is 35.6 Å². The van der Waals surface area contributed by atoms with Crippen molar-refractivity contribution in [3.8, 4) is 29.3 Å². The van der Waals surface area contributed by atoms with E-state index in [0.29, 0.717) is 29.2 Å². The van der Waals surface area contributed by atoms with Crippen LogP contribution in [0.15, 0.2) is 48.9 Å². The SMILES string of the molecule is Cc1c(-c2cc(O[C@H](C)c3ccccn3)n3c(C#N)cnc3c2)cnn1[C@H]1CCN(C#N)[C@@H](C2CC2)C1. The molecule has 5 heterocycles. The maximum atomic E-state index is 9.66. The van der Waals surface area contributed by atoms with Crippen LogP contribution < -0.4 is 4.74 Å². The summed E-state index contributed by atoms with van der Waals surface area (Å²) in [5.74, 6) is 1.17. The fourth-order valence-electron chi connectivity index (χ4n) is 5.58. The molecule has 1 aliphatic heterocycles. The molecule has 0 aromatic carbocycles. The number of ether oxygens (including phenoxy) is 1. The van der Waals surface area contributed by atoms with Crippen molar-refractivity contribution in [2.24, 2.45) is 5.92 Å². The molecule has 0 amide bonds. The van der Waals surface area contributed by atoms with Crippen molar-refractivity contribution < 1.29 is 4.74 Å². The highest BCUT2D eigenvalue weighted by Gasteiger charge is 2.40. The predicted octanol–water partition coefficient (Wildman–Crippen LogP) is 4.81. The summed E-state index contributed by atoms with van der Waals surface area (Å²) in [7, 11) is 0. The first-order valence-corrected chi connectivity index (χ1v) is 12.8. The Labute approximate surface area is 215 Å². The maximum absolute atomic E-state index is 9.66. The highest BCUT2D eigenvalue weighted by molar-refractivity contribution is 5.71. The Morgan fingerprint density at radius 1 is 1.11 bits per heavy atom. The van der Waals surface area contributed by atoms with E-state index < -0.39 is 0 Å². The first kappa shape index (κ1) is 23.1. The maximum Gasteiger partial charge on any atom is 0.201 e. The third kappa shape index (κ3) is 4.17. The summed E-state index contributed by atoms with van der Waals surface area (Å²) in [6.07, 6.45) is 11.6. The summed E-state index contributed by atoms with van der Waals surface area (Å²) in [6.45, 7) is 4.81. The van der Waals surface area contributed by atoms with E-state index >= 15 is 0 Å². The molecule has 2 fully saturated rings. The van der Waals surface area contributed by atoms with Crippen LogP contribution in [-0.4, -0.2) is 41.6 Å². The molecule has 1 aliphatic carbocycles. The molecule has 4 aromatic heterocycles. The normalized spacial score (nSPS) is 20.4. The van der Waals surface area contributed by atoms with Gasteiger partial charge in [-0.05, 0) is 69.2 Å². The zero-order valence-corrected chi connectivity index (χ0v) is 20.9. The molecule has 1 saturated heterocycles. The molecular formula is C28H28N8O. The van der Waals surface area contributed by atoms with E-state index in [9.17, 15) is 10.5 Å². The Morgan fingerprint density at radius 3 is 2.70 bits per heavy atom. The zero-order chi connectivity index (χ0) is 25.5. The van der Waals surface area contributed by atoms with Gasteiger partial charge in [0.1, 0.15) is 23.5 Å². The summed E-state index contributed by atoms with van der Waals surface area (Å²) in [4.78, 5) is 10.9. The molecule has 0 bridgehead atoms. The molecule has 0 unspecified atom stereocenters. The number of hydrogen-bond donors (Lipinski definition) is 0. The van der Waals surface area contributed by atoms with E-state index in [0.717, 1.165) is 41.9 Å². The van der Waals surface area contributed by atoms with Crippen LogP contribution in [0.3, 0.4) is 0 Å². The van der Waals surface area contributed by atoms with Gasteiger partial charge in [-0.15, -0.1) is 0 Å². The first-order valence-electron chi connectivity index (χ1n) is 12.8. The van der Waals surface area contributed by atoms with Gasteiger partial charge in [0.05, 0.1) is 24.1 Å². The molecule has 0 spiro atoms. The molecule has 37 heavy (non-hydrogen) atoms. The number of likely N-dealkylation sites (tertiary alicyclic amines) is 1. The van der Waals surface area contributed by atoms with Crippen LogP contribution in [0.4, 0.5) is 0 Å². The van der Waals surface area contributed by atoms with Crippen molar-refractivity contribution in [2.45, 2.75) is 57.7 Å². The van der Waals surface area contributed by atoms with Gasteiger partial charge in [-0.2, -0.15) is 15.6 Å². The number of fused-ring (bicyclic) bond motifs is 1. The topological polar surface area (TPSA) is 108 Å². The average molecular weight is 493 g/mol. The predicted molar refractivity (Wildman–Crippen MR) is 136 cm³/mol. The molecule has 9 nitrogen and oxygen atoms in total. The lowest BCUT2D eigenvalue weighted by molar-refractivity contribution is 0.150. The standard InChI is InChI=1S/C28H28N8O/c1-18-24(16-33-36(18)22-8-10-34(17-30)26(13-22)20-6-7-20)21-11-27-32-15-23(14-29)35(27)28(12-21)37-19(2)25-5-3-4-9-31-25/h3-5,9,11-12,15-16,19-20,22,26H,6-8,10,13H2,1-2H3/t19-,22+,26-/m1/s1. The highest BCUT2D eigenvalue weighted by Crippen LogP contribution is 2.42. The molecule has 3 atom stereocenters. The van der Waals surface area contributed by atoms with Crippen LogP contribution in [-0.2, 0) is 0 Å². The highest BCUT2D eigenvalue weighted by atomic mass is 16.5. The molecule has 186 valence electrons. The van der Waals surface area contributed by atoms with E-state index in [4.69, 9.17) is 9.84 Å². The van der Waals surface area contributed by atoms with E-state index in [1.165, 1.54) is 12.8 Å². The number of imidazole rings is 1. The second-order valence-electron chi connectivity index (χ2n) is 10.0. The number of nitriles is 2. The third-order valence-corrected chi connectivity index (χ3v) is 7.70. The Kier molecular flexibility index (Phi) is 5.77. The van der Waals surface area contributed by atoms with Crippen molar-refractivity contribution >= 4 is 5.65 Å². The van der Waals surface area contributed by atoms with E-state index in [1.807, 2.05) is 48.4 Å². The molecule has 0 N–H and O–H groups in total. The van der Waals surface area contributed by atoms with Crippen LogP contribution in [0.2, 0.25) is 0 Å². The van der Waals surface area contributed by atoms with Crippen molar-refractivity contribution in [3.63, 3.8) is 0 Å². The van der Waals surface area contributed by atoms with Crippen molar-refractivity contribution in [1.29, 1.82) is 10.5 Å². The van der Waals surface area contributed by atoms with Gasteiger partial charge < -0.3 is 9.64 Å². The van der Waals surface area contributed by atoms with Gasteiger partial charge in [-0.25, -0.2) is 4.98 Å². The van der Waals surface area contributed by atoms with Gasteiger partial charge in [0.2, 0.25) is 5.88 Å². The lowest BCUT2D eigenvalue weighted by Crippen LogP contribution is -2.41. The Balaban J connectivity index is 1.35. The Hall–Kier alpha value is -4.37. The Morgan fingerprint density at radius 2 is 1.97 bits per heavy atom. The fraction of sp³-hybridized carbons (Fsp3) is 0.393. The van der Waals surface area contributed by atoms with E-state index in [2.05, 4.69) is 33.8 Å².